The molecule has 0 saturated carbocycles. The van der Waals surface area contributed by atoms with Gasteiger partial charge in [-0.2, -0.15) is 0 Å². The lowest BCUT2D eigenvalue weighted by molar-refractivity contribution is 0.0601. The molecule has 4 aromatic rings. The summed E-state index contributed by atoms with van der Waals surface area (Å²) in [6, 6.07) is 18.8. The maximum absolute atomic E-state index is 11.8. The van der Waals surface area contributed by atoms with E-state index < -0.39 is 5.97 Å². The van der Waals surface area contributed by atoms with E-state index in [2.05, 4.69) is 22.1 Å². The number of imidazole rings is 1. The fourth-order valence-corrected chi connectivity index (χ4v) is 3.24. The Morgan fingerprint density at radius 2 is 1.72 bits per heavy atom. The molecule has 29 heavy (non-hydrogen) atoms. The lowest BCUT2D eigenvalue weighted by atomic mass is 10.0. The first-order valence-electron chi connectivity index (χ1n) is 9.15. The molecular formula is C23H21N3O3. The van der Waals surface area contributed by atoms with Gasteiger partial charge in [-0.25, -0.2) is 9.78 Å². The predicted octanol–water partition coefficient (Wildman–Crippen LogP) is 4.46. The highest BCUT2D eigenvalue weighted by molar-refractivity contribution is 5.94. The minimum atomic E-state index is -0.408. The highest BCUT2D eigenvalue weighted by Crippen LogP contribution is 2.33. The highest BCUT2D eigenvalue weighted by atomic mass is 16.5. The van der Waals surface area contributed by atoms with Crippen molar-refractivity contribution in [3.63, 3.8) is 0 Å². The predicted molar refractivity (Wildman–Crippen MR) is 114 cm³/mol. The monoisotopic (exact) mass is 387 g/mol. The number of nitrogens with one attached hydrogen (secondary N) is 1. The van der Waals surface area contributed by atoms with Gasteiger partial charge in [-0.15, -0.1) is 0 Å². The molecule has 4 rings (SSSR count). The van der Waals surface area contributed by atoms with Gasteiger partial charge >= 0.3 is 5.97 Å². The first-order valence-corrected chi connectivity index (χ1v) is 9.15. The second kappa shape index (κ2) is 7.31. The van der Waals surface area contributed by atoms with Crippen LogP contribution in [0.15, 0.2) is 60.7 Å². The van der Waals surface area contributed by atoms with Gasteiger partial charge in [0.25, 0.3) is 0 Å². The SMILES string of the molecule is COC(=O)c1ccc2nc(-c3cc(-c4ccc(N(C)C)cc4)ccc3O)[nH]c2c1. The highest BCUT2D eigenvalue weighted by Gasteiger charge is 2.13. The van der Waals surface area contributed by atoms with Crippen molar-refractivity contribution in [1.82, 2.24) is 9.97 Å². The van der Waals surface area contributed by atoms with E-state index in [0.29, 0.717) is 28.0 Å². The van der Waals surface area contributed by atoms with Crippen LogP contribution in [0, 0.1) is 0 Å². The van der Waals surface area contributed by atoms with Crippen LogP contribution in [0.5, 0.6) is 5.75 Å². The first kappa shape index (κ1) is 18.6. The van der Waals surface area contributed by atoms with Crippen molar-refractivity contribution < 1.29 is 14.6 Å². The van der Waals surface area contributed by atoms with E-state index in [1.807, 2.05) is 43.3 Å². The number of nitrogens with zero attached hydrogens (tertiary/aromatic N) is 2. The molecular weight excluding hydrogens is 366 g/mol. The van der Waals surface area contributed by atoms with Gasteiger partial charge in [0, 0.05) is 19.8 Å². The molecule has 2 N–H and O–H groups in total. The summed E-state index contributed by atoms with van der Waals surface area (Å²) in [4.78, 5) is 21.6. The van der Waals surface area contributed by atoms with Crippen molar-refractivity contribution in [1.29, 1.82) is 0 Å². The largest absolute Gasteiger partial charge is 0.507 e. The van der Waals surface area contributed by atoms with Crippen LogP contribution in [-0.4, -0.2) is 42.2 Å². The lowest BCUT2D eigenvalue weighted by Crippen LogP contribution is -2.07. The van der Waals surface area contributed by atoms with Crippen molar-refractivity contribution in [3.8, 4) is 28.3 Å². The number of aromatic amines is 1. The van der Waals surface area contributed by atoms with E-state index >= 15 is 0 Å². The van der Waals surface area contributed by atoms with Gasteiger partial charge in [-0.1, -0.05) is 18.2 Å². The van der Waals surface area contributed by atoms with E-state index in [-0.39, 0.29) is 5.75 Å². The van der Waals surface area contributed by atoms with E-state index in [1.165, 1.54) is 7.11 Å². The quantitative estimate of drug-likeness (QED) is 0.506. The van der Waals surface area contributed by atoms with Crippen molar-refractivity contribution in [3.05, 3.63) is 66.2 Å². The van der Waals surface area contributed by atoms with Gasteiger partial charge in [0.2, 0.25) is 0 Å². The zero-order valence-electron chi connectivity index (χ0n) is 16.4. The Bertz CT molecular complexity index is 1190. The molecule has 0 atom stereocenters. The topological polar surface area (TPSA) is 78.4 Å². The fourth-order valence-electron chi connectivity index (χ4n) is 3.24. The van der Waals surface area contributed by atoms with Crippen LogP contribution in [0.2, 0.25) is 0 Å². The van der Waals surface area contributed by atoms with Crippen LogP contribution in [0.25, 0.3) is 33.5 Å². The van der Waals surface area contributed by atoms with Gasteiger partial charge in [0.15, 0.2) is 0 Å². The summed E-state index contributed by atoms with van der Waals surface area (Å²) in [6.45, 7) is 0. The number of fused-ring (bicyclic) bond motifs is 1. The number of carbonyl (C=O) groups is 1. The fraction of sp³-hybridized carbons (Fsp3) is 0.130. The minimum absolute atomic E-state index is 0.130. The van der Waals surface area contributed by atoms with Crippen LogP contribution in [-0.2, 0) is 4.74 Å². The Kier molecular flexibility index (Phi) is 4.68. The van der Waals surface area contributed by atoms with Crippen LogP contribution < -0.4 is 4.90 Å². The van der Waals surface area contributed by atoms with Crippen LogP contribution in [0.1, 0.15) is 10.4 Å². The van der Waals surface area contributed by atoms with E-state index in [4.69, 9.17) is 4.74 Å². The first-order chi connectivity index (χ1) is 14.0. The van der Waals surface area contributed by atoms with Gasteiger partial charge in [0.05, 0.1) is 29.3 Å². The number of phenolic OH excluding ortho intramolecular Hbond substituents is 1. The Morgan fingerprint density at radius 3 is 2.41 bits per heavy atom. The zero-order chi connectivity index (χ0) is 20.5. The molecule has 0 spiro atoms. The number of carbonyl (C=O) groups excluding carboxylic acids is 1. The molecule has 0 amide bonds. The number of methoxy groups -OCH3 is 1. The number of hydrogen-bond donors (Lipinski definition) is 2. The van der Waals surface area contributed by atoms with Crippen molar-refractivity contribution in [2.45, 2.75) is 0 Å². The van der Waals surface area contributed by atoms with Crippen LogP contribution in [0.4, 0.5) is 5.69 Å². The molecule has 0 bridgehead atoms. The standard InChI is InChI=1S/C23H21N3O3/c1-26(2)17-8-4-14(5-9-17)15-7-11-21(27)18(12-15)22-24-19-10-6-16(23(28)29-3)13-20(19)25-22/h4-13,27H,1-3H3,(H,24,25). The molecule has 0 aliphatic carbocycles. The maximum atomic E-state index is 11.8. The molecule has 1 aromatic heterocycles. The molecule has 6 heteroatoms. The zero-order valence-corrected chi connectivity index (χ0v) is 16.4. The maximum Gasteiger partial charge on any atom is 0.337 e. The van der Waals surface area contributed by atoms with Crippen LogP contribution in [0.3, 0.4) is 0 Å². The molecule has 0 fully saturated rings. The van der Waals surface area contributed by atoms with E-state index in [9.17, 15) is 9.90 Å². The van der Waals surface area contributed by atoms with Crippen LogP contribution >= 0.6 is 0 Å². The third-order valence-electron chi connectivity index (χ3n) is 4.87. The summed E-state index contributed by atoms with van der Waals surface area (Å²) in [6.07, 6.45) is 0. The number of phenols is 1. The van der Waals surface area contributed by atoms with Gasteiger partial charge in [0.1, 0.15) is 11.6 Å². The molecule has 0 aliphatic heterocycles. The van der Waals surface area contributed by atoms with Crippen molar-refractivity contribution >= 4 is 22.7 Å². The second-order valence-electron chi connectivity index (χ2n) is 6.98. The summed E-state index contributed by atoms with van der Waals surface area (Å²) in [5, 5.41) is 10.4. The van der Waals surface area contributed by atoms with Gasteiger partial charge < -0.3 is 19.7 Å². The van der Waals surface area contributed by atoms with E-state index in [1.54, 1.807) is 24.3 Å². The number of anilines is 1. The molecule has 0 unspecified atom stereocenters. The number of aromatic hydroxyl groups is 1. The third kappa shape index (κ3) is 3.52. The van der Waals surface area contributed by atoms with E-state index in [0.717, 1.165) is 16.8 Å². The minimum Gasteiger partial charge on any atom is -0.507 e. The number of esters is 1. The number of benzene rings is 3. The average Bonchev–Trinajstić information content (AvgIpc) is 3.16. The van der Waals surface area contributed by atoms with Crippen molar-refractivity contribution in [2.24, 2.45) is 0 Å². The summed E-state index contributed by atoms with van der Waals surface area (Å²) in [5.41, 5.74) is 5.56. The van der Waals surface area contributed by atoms with Gasteiger partial charge in [-0.05, 0) is 53.6 Å². The second-order valence-corrected chi connectivity index (χ2v) is 6.98. The number of rotatable bonds is 4. The molecule has 0 saturated heterocycles. The number of aromatic nitrogens is 2. The Balaban J connectivity index is 1.75. The Hall–Kier alpha value is -3.80. The molecule has 3 aromatic carbocycles. The Morgan fingerprint density at radius 1 is 1.00 bits per heavy atom. The van der Waals surface area contributed by atoms with Gasteiger partial charge in [-0.3, -0.25) is 0 Å². The summed E-state index contributed by atoms with van der Waals surface area (Å²) >= 11 is 0. The molecule has 6 nitrogen and oxygen atoms in total. The molecule has 0 aliphatic rings. The molecule has 1 heterocycles. The number of ether oxygens (including phenoxy) is 1. The molecule has 0 radical (unpaired) electrons. The third-order valence-corrected chi connectivity index (χ3v) is 4.87. The summed E-state index contributed by atoms with van der Waals surface area (Å²) < 4.78 is 4.77. The smallest absolute Gasteiger partial charge is 0.337 e. The summed E-state index contributed by atoms with van der Waals surface area (Å²) in [5.74, 6) is 0.256. The normalized spacial score (nSPS) is 10.9. The lowest BCUT2D eigenvalue weighted by Gasteiger charge is -2.13. The number of hydrogen-bond acceptors (Lipinski definition) is 5. The average molecular weight is 387 g/mol. The molecule has 146 valence electrons. The summed E-state index contributed by atoms with van der Waals surface area (Å²) in [7, 11) is 5.35. The van der Waals surface area contributed by atoms with Crippen molar-refractivity contribution in [2.75, 3.05) is 26.1 Å². The number of H-pyrrole nitrogens is 1. The Labute approximate surface area is 168 Å².